The van der Waals surface area contributed by atoms with Crippen LogP contribution in [0.1, 0.15) is 51.0 Å². The van der Waals surface area contributed by atoms with Crippen molar-refractivity contribution in [3.63, 3.8) is 0 Å². The van der Waals surface area contributed by atoms with Crippen molar-refractivity contribution in [2.75, 3.05) is 12.4 Å². The number of thioether (sulfide) groups is 1. The number of aromatic nitrogens is 2. The molecule has 0 bridgehead atoms. The van der Waals surface area contributed by atoms with Crippen LogP contribution in [0.2, 0.25) is 0 Å². The highest BCUT2D eigenvalue weighted by Gasteiger charge is 2.19. The van der Waals surface area contributed by atoms with Gasteiger partial charge < -0.3 is 9.72 Å². The molecule has 0 atom stereocenters. The van der Waals surface area contributed by atoms with Gasteiger partial charge in [-0.15, -0.1) is 11.3 Å². The first-order valence-electron chi connectivity index (χ1n) is 9.05. The van der Waals surface area contributed by atoms with Crippen LogP contribution in [0.4, 0.5) is 0 Å². The van der Waals surface area contributed by atoms with Crippen molar-refractivity contribution < 1.29 is 9.53 Å². The van der Waals surface area contributed by atoms with Gasteiger partial charge in [-0.2, -0.15) is 0 Å². The van der Waals surface area contributed by atoms with E-state index in [1.165, 1.54) is 23.3 Å². The van der Waals surface area contributed by atoms with Crippen LogP contribution in [-0.2, 0) is 22.4 Å². The molecule has 0 aliphatic heterocycles. The number of hydrogen-bond donors (Lipinski definition) is 1. The first-order chi connectivity index (χ1) is 12.7. The number of aromatic amines is 1. The minimum atomic E-state index is 0.0346. The number of aryl methyl sites for hydroxylation is 2. The summed E-state index contributed by atoms with van der Waals surface area (Å²) in [5.41, 5.74) is 1.29. The van der Waals surface area contributed by atoms with E-state index < -0.39 is 0 Å². The fourth-order valence-corrected chi connectivity index (χ4v) is 4.59. The summed E-state index contributed by atoms with van der Waals surface area (Å²) in [4.78, 5) is 31.2. The summed E-state index contributed by atoms with van der Waals surface area (Å²) < 4.78 is 4.15. The number of rotatable bonds is 5. The van der Waals surface area contributed by atoms with Gasteiger partial charge in [-0.1, -0.05) is 37.8 Å². The molecule has 0 radical (unpaired) electrons. The Hall–Kier alpha value is -1.60. The van der Waals surface area contributed by atoms with Crippen molar-refractivity contribution in [1.29, 1.82) is 0 Å². The lowest BCUT2D eigenvalue weighted by Gasteiger charge is -2.09. The molecule has 0 spiro atoms. The standard InChI is InChI=1S/C14H16N2OS2.C3H6O2.C2H6/c1-2-3-8-18-14-15-12(17)11-9-6-4-5-7-10(9)19-13(11)16-14;1-2-5-3-4;1-2/h2-3H,4-8H2,1H3,(H,15,16,17);3H,2H2,1H3;1-2H3/b3-2+;;. The number of carbonyl (C=O) groups excluding carboxylic acids is 1. The SMILES string of the molecule is C/C=C/CSc1nc2sc3c(c2c(=O)[nH]1)CCCC3.CC.CCOC=O. The molecule has 0 saturated carbocycles. The third-order valence-electron chi connectivity index (χ3n) is 3.59. The lowest BCUT2D eigenvalue weighted by atomic mass is 9.97. The summed E-state index contributed by atoms with van der Waals surface area (Å²) >= 11 is 3.28. The van der Waals surface area contributed by atoms with Gasteiger partial charge in [0.1, 0.15) is 4.83 Å². The zero-order valence-corrected chi connectivity index (χ0v) is 17.6. The Bertz CT molecular complexity index is 766. The Labute approximate surface area is 163 Å². The zero-order chi connectivity index (χ0) is 19.4. The van der Waals surface area contributed by atoms with Crippen LogP contribution in [0.5, 0.6) is 0 Å². The molecule has 1 N–H and O–H groups in total. The summed E-state index contributed by atoms with van der Waals surface area (Å²) in [6.07, 6.45) is 8.64. The molecule has 3 rings (SSSR count). The Morgan fingerprint density at radius 1 is 1.31 bits per heavy atom. The molecule has 26 heavy (non-hydrogen) atoms. The van der Waals surface area contributed by atoms with Gasteiger partial charge >= 0.3 is 0 Å². The molecule has 0 aromatic carbocycles. The van der Waals surface area contributed by atoms with Gasteiger partial charge in [-0.05, 0) is 45.1 Å². The first-order valence-corrected chi connectivity index (χ1v) is 10.8. The molecule has 7 heteroatoms. The van der Waals surface area contributed by atoms with Crippen molar-refractivity contribution in [3.05, 3.63) is 32.9 Å². The van der Waals surface area contributed by atoms with Crippen molar-refractivity contribution in [2.24, 2.45) is 0 Å². The van der Waals surface area contributed by atoms with E-state index in [4.69, 9.17) is 0 Å². The minimum absolute atomic E-state index is 0.0346. The van der Waals surface area contributed by atoms with E-state index in [-0.39, 0.29) is 5.56 Å². The van der Waals surface area contributed by atoms with Crippen LogP contribution in [0.15, 0.2) is 22.1 Å². The van der Waals surface area contributed by atoms with Gasteiger partial charge in [-0.3, -0.25) is 9.59 Å². The van der Waals surface area contributed by atoms with Crippen LogP contribution in [0.25, 0.3) is 10.2 Å². The molecule has 1 aliphatic rings. The maximum absolute atomic E-state index is 12.2. The fraction of sp³-hybridized carbons (Fsp3) is 0.526. The van der Waals surface area contributed by atoms with Gasteiger partial charge in [0.25, 0.3) is 12.0 Å². The van der Waals surface area contributed by atoms with Crippen molar-refractivity contribution >= 4 is 39.8 Å². The van der Waals surface area contributed by atoms with E-state index in [0.29, 0.717) is 13.1 Å². The molecule has 2 aromatic rings. The number of nitrogens with zero attached hydrogens (tertiary/aromatic N) is 1. The van der Waals surface area contributed by atoms with Gasteiger partial charge in [0.2, 0.25) is 0 Å². The molecule has 2 aromatic heterocycles. The fourth-order valence-electron chi connectivity index (χ4n) is 2.50. The first kappa shape index (κ1) is 22.4. The van der Waals surface area contributed by atoms with E-state index in [0.717, 1.165) is 34.0 Å². The van der Waals surface area contributed by atoms with E-state index in [1.807, 2.05) is 26.8 Å². The summed E-state index contributed by atoms with van der Waals surface area (Å²) in [7, 11) is 0. The van der Waals surface area contributed by atoms with Crippen molar-refractivity contribution in [1.82, 2.24) is 9.97 Å². The van der Waals surface area contributed by atoms with Crippen LogP contribution < -0.4 is 5.56 Å². The van der Waals surface area contributed by atoms with E-state index in [2.05, 4.69) is 20.8 Å². The quantitative estimate of drug-likeness (QED) is 0.342. The summed E-state index contributed by atoms with van der Waals surface area (Å²) in [6, 6.07) is 0. The van der Waals surface area contributed by atoms with Gasteiger partial charge in [0.15, 0.2) is 5.16 Å². The number of thiophene rings is 1. The molecule has 0 fully saturated rings. The predicted molar refractivity (Wildman–Crippen MR) is 111 cm³/mol. The highest BCUT2D eigenvalue weighted by Crippen LogP contribution is 2.34. The Morgan fingerprint density at radius 2 is 2.04 bits per heavy atom. The summed E-state index contributed by atoms with van der Waals surface area (Å²) in [5.74, 6) is 0.843. The maximum Gasteiger partial charge on any atom is 0.293 e. The normalized spacial score (nSPS) is 12.6. The Kier molecular flexibility index (Phi) is 11.0. The van der Waals surface area contributed by atoms with Crippen molar-refractivity contribution in [2.45, 2.75) is 58.5 Å². The molecule has 5 nitrogen and oxygen atoms in total. The number of allylic oxidation sites excluding steroid dienone is 1. The third kappa shape index (κ3) is 6.29. The minimum Gasteiger partial charge on any atom is -0.468 e. The number of H-pyrrole nitrogens is 1. The van der Waals surface area contributed by atoms with E-state index >= 15 is 0 Å². The molecular weight excluding hydrogens is 368 g/mol. The predicted octanol–water partition coefficient (Wildman–Crippen LogP) is 4.74. The monoisotopic (exact) mass is 396 g/mol. The summed E-state index contributed by atoms with van der Waals surface area (Å²) in [5, 5.41) is 1.57. The third-order valence-corrected chi connectivity index (χ3v) is 5.60. The van der Waals surface area contributed by atoms with Gasteiger partial charge in [-0.25, -0.2) is 4.98 Å². The largest absolute Gasteiger partial charge is 0.468 e. The van der Waals surface area contributed by atoms with E-state index in [1.54, 1.807) is 30.0 Å². The molecule has 2 heterocycles. The highest BCUT2D eigenvalue weighted by atomic mass is 32.2. The lowest BCUT2D eigenvalue weighted by molar-refractivity contribution is -0.128. The summed E-state index contributed by atoms with van der Waals surface area (Å²) in [6.45, 7) is 8.66. The second kappa shape index (κ2) is 12.7. The van der Waals surface area contributed by atoms with Gasteiger partial charge in [0.05, 0.1) is 12.0 Å². The zero-order valence-electron chi connectivity index (χ0n) is 16.0. The molecule has 144 valence electrons. The number of hydrogen-bond acceptors (Lipinski definition) is 6. The second-order valence-corrected chi connectivity index (χ2v) is 7.29. The average molecular weight is 397 g/mol. The lowest BCUT2D eigenvalue weighted by Crippen LogP contribution is -2.10. The highest BCUT2D eigenvalue weighted by molar-refractivity contribution is 7.99. The van der Waals surface area contributed by atoms with E-state index in [9.17, 15) is 9.59 Å². The smallest absolute Gasteiger partial charge is 0.293 e. The molecule has 0 saturated heterocycles. The number of fused-ring (bicyclic) bond motifs is 3. The number of carbonyl (C=O) groups is 1. The Balaban J connectivity index is 0.000000420. The number of nitrogens with one attached hydrogen (secondary N) is 1. The molecular formula is C19H28N2O3S2. The van der Waals surface area contributed by atoms with Gasteiger partial charge in [0, 0.05) is 10.6 Å². The average Bonchev–Trinajstić information content (AvgIpc) is 3.03. The van der Waals surface area contributed by atoms with Crippen LogP contribution in [0.3, 0.4) is 0 Å². The maximum atomic E-state index is 12.2. The van der Waals surface area contributed by atoms with Crippen LogP contribution in [0, 0.1) is 0 Å². The molecule has 0 amide bonds. The number of ether oxygens (including phenoxy) is 1. The van der Waals surface area contributed by atoms with Crippen LogP contribution in [-0.4, -0.2) is 28.8 Å². The Morgan fingerprint density at radius 3 is 2.65 bits per heavy atom. The molecule has 0 unspecified atom stereocenters. The topological polar surface area (TPSA) is 72.1 Å². The molecule has 1 aliphatic carbocycles. The van der Waals surface area contributed by atoms with Crippen LogP contribution >= 0.6 is 23.1 Å². The van der Waals surface area contributed by atoms with Crippen molar-refractivity contribution in [3.8, 4) is 0 Å². The second-order valence-electron chi connectivity index (χ2n) is 5.19.